The minimum absolute atomic E-state index is 0.0596. The molecule has 27 heavy (non-hydrogen) atoms. The zero-order valence-corrected chi connectivity index (χ0v) is 15.7. The van der Waals surface area contributed by atoms with Crippen molar-refractivity contribution in [2.45, 2.75) is 19.8 Å². The number of carbonyl (C=O) groups excluding carboxylic acids is 1. The van der Waals surface area contributed by atoms with Gasteiger partial charge in [-0.3, -0.25) is 4.79 Å². The van der Waals surface area contributed by atoms with E-state index in [1.165, 1.54) is 17.7 Å². The van der Waals surface area contributed by atoms with Crippen LogP contribution in [0.5, 0.6) is 0 Å². The average molecular weight is 370 g/mol. The third-order valence-corrected chi connectivity index (χ3v) is 3.90. The molecule has 0 aliphatic heterocycles. The minimum Gasteiger partial charge on any atom is -0.357 e. The number of benzene rings is 2. The molecule has 6 heteroatoms. The van der Waals surface area contributed by atoms with E-state index in [9.17, 15) is 9.18 Å². The zero-order valence-electron chi connectivity index (χ0n) is 15.7. The molecule has 0 bridgehead atoms. The van der Waals surface area contributed by atoms with Crippen molar-refractivity contribution >= 4 is 11.9 Å². The topological polar surface area (TPSA) is 65.5 Å². The Balaban J connectivity index is 1.72. The van der Waals surface area contributed by atoms with E-state index in [2.05, 4.69) is 20.9 Å². The monoisotopic (exact) mass is 370 g/mol. The standard InChI is InChI=1S/C21H27FN4O/c1-2-23-21(25-14-12-18-9-6-10-19(22)15-18)26-16-20(27)24-13-11-17-7-4-3-5-8-17/h3-10,15H,2,11-14,16H2,1H3,(H,24,27)(H2,23,25,26). The van der Waals surface area contributed by atoms with Crippen LogP contribution >= 0.6 is 0 Å². The first kappa shape index (κ1) is 20.4. The predicted octanol–water partition coefficient (Wildman–Crippen LogP) is 2.28. The maximum Gasteiger partial charge on any atom is 0.241 e. The summed E-state index contributed by atoms with van der Waals surface area (Å²) in [7, 11) is 0. The van der Waals surface area contributed by atoms with Crippen molar-refractivity contribution in [2.75, 3.05) is 26.2 Å². The largest absolute Gasteiger partial charge is 0.357 e. The number of rotatable bonds is 9. The molecular formula is C21H27FN4O. The third kappa shape index (κ3) is 8.35. The number of hydrogen-bond donors (Lipinski definition) is 3. The van der Waals surface area contributed by atoms with Gasteiger partial charge in [-0.2, -0.15) is 0 Å². The summed E-state index contributed by atoms with van der Waals surface area (Å²) in [4.78, 5) is 16.3. The van der Waals surface area contributed by atoms with Crippen LogP contribution in [0, 0.1) is 5.82 Å². The number of amides is 1. The van der Waals surface area contributed by atoms with Crippen LogP contribution in [-0.2, 0) is 17.6 Å². The fourth-order valence-electron chi connectivity index (χ4n) is 2.56. The van der Waals surface area contributed by atoms with Crippen molar-refractivity contribution in [3.8, 4) is 0 Å². The highest BCUT2D eigenvalue weighted by molar-refractivity contribution is 5.84. The highest BCUT2D eigenvalue weighted by Crippen LogP contribution is 2.03. The van der Waals surface area contributed by atoms with Gasteiger partial charge >= 0.3 is 0 Å². The summed E-state index contributed by atoms with van der Waals surface area (Å²) in [6.45, 7) is 3.90. The number of aliphatic imine (C=N–C) groups is 1. The van der Waals surface area contributed by atoms with Crippen LogP contribution in [0.3, 0.4) is 0 Å². The van der Waals surface area contributed by atoms with E-state index in [1.807, 2.05) is 43.3 Å². The van der Waals surface area contributed by atoms with E-state index in [-0.39, 0.29) is 18.3 Å². The lowest BCUT2D eigenvalue weighted by molar-refractivity contribution is -0.119. The zero-order chi connectivity index (χ0) is 19.3. The van der Waals surface area contributed by atoms with Crippen LogP contribution < -0.4 is 16.0 Å². The van der Waals surface area contributed by atoms with E-state index >= 15 is 0 Å². The molecule has 144 valence electrons. The van der Waals surface area contributed by atoms with Gasteiger partial charge < -0.3 is 16.0 Å². The molecule has 0 aliphatic rings. The van der Waals surface area contributed by atoms with Gasteiger partial charge in [0.05, 0.1) is 0 Å². The number of nitrogens with one attached hydrogen (secondary N) is 3. The lowest BCUT2D eigenvalue weighted by Crippen LogP contribution is -2.39. The second kappa shape index (κ2) is 11.7. The summed E-state index contributed by atoms with van der Waals surface area (Å²) < 4.78 is 13.2. The number of hydrogen-bond acceptors (Lipinski definition) is 2. The molecule has 1 amide bonds. The van der Waals surface area contributed by atoms with Crippen LogP contribution in [-0.4, -0.2) is 38.0 Å². The fraction of sp³-hybridized carbons (Fsp3) is 0.333. The Morgan fingerprint density at radius 1 is 0.926 bits per heavy atom. The number of nitrogens with zero attached hydrogens (tertiary/aromatic N) is 1. The number of halogens is 1. The first-order valence-electron chi connectivity index (χ1n) is 9.24. The highest BCUT2D eigenvalue weighted by atomic mass is 19.1. The van der Waals surface area contributed by atoms with E-state index in [0.29, 0.717) is 32.0 Å². The highest BCUT2D eigenvalue weighted by Gasteiger charge is 2.03. The first-order valence-corrected chi connectivity index (χ1v) is 9.24. The molecule has 0 fully saturated rings. The van der Waals surface area contributed by atoms with Crippen molar-refractivity contribution in [3.63, 3.8) is 0 Å². The van der Waals surface area contributed by atoms with Gasteiger partial charge in [-0.15, -0.1) is 0 Å². The average Bonchev–Trinajstić information content (AvgIpc) is 2.67. The van der Waals surface area contributed by atoms with Crippen molar-refractivity contribution in [2.24, 2.45) is 4.99 Å². The van der Waals surface area contributed by atoms with E-state index in [1.54, 1.807) is 6.07 Å². The molecule has 0 saturated carbocycles. The SMILES string of the molecule is CCNC(=NCC(=O)NCCc1ccccc1)NCCc1cccc(F)c1. The lowest BCUT2D eigenvalue weighted by atomic mass is 10.1. The Morgan fingerprint density at radius 3 is 2.37 bits per heavy atom. The van der Waals surface area contributed by atoms with Crippen LogP contribution in [0.2, 0.25) is 0 Å². The maximum absolute atomic E-state index is 13.2. The van der Waals surface area contributed by atoms with Gasteiger partial charge in [0.25, 0.3) is 0 Å². The molecule has 0 aliphatic carbocycles. The van der Waals surface area contributed by atoms with Gasteiger partial charge in [0, 0.05) is 19.6 Å². The van der Waals surface area contributed by atoms with Crippen LogP contribution in [0.25, 0.3) is 0 Å². The fourth-order valence-corrected chi connectivity index (χ4v) is 2.56. The van der Waals surface area contributed by atoms with E-state index < -0.39 is 0 Å². The number of guanidine groups is 1. The molecule has 2 aromatic carbocycles. The summed E-state index contributed by atoms with van der Waals surface area (Å²) in [5, 5.41) is 9.14. The quantitative estimate of drug-likeness (QED) is 0.469. The van der Waals surface area contributed by atoms with Gasteiger partial charge in [0.15, 0.2) is 5.96 Å². The molecular weight excluding hydrogens is 343 g/mol. The second-order valence-corrected chi connectivity index (χ2v) is 6.09. The molecule has 2 rings (SSSR count). The van der Waals surface area contributed by atoms with Crippen molar-refractivity contribution < 1.29 is 9.18 Å². The van der Waals surface area contributed by atoms with Gasteiger partial charge in [0.2, 0.25) is 5.91 Å². The van der Waals surface area contributed by atoms with E-state index in [0.717, 1.165) is 12.0 Å². The van der Waals surface area contributed by atoms with Crippen LogP contribution in [0.15, 0.2) is 59.6 Å². The Morgan fingerprint density at radius 2 is 1.63 bits per heavy atom. The molecule has 0 saturated heterocycles. The van der Waals surface area contributed by atoms with Crippen molar-refractivity contribution in [3.05, 3.63) is 71.5 Å². The summed E-state index contributed by atoms with van der Waals surface area (Å²) in [6.07, 6.45) is 1.47. The molecule has 5 nitrogen and oxygen atoms in total. The summed E-state index contributed by atoms with van der Waals surface area (Å²) in [6, 6.07) is 16.6. The van der Waals surface area contributed by atoms with Gasteiger partial charge in [-0.05, 0) is 43.0 Å². The Hall–Kier alpha value is -2.89. The van der Waals surface area contributed by atoms with Crippen LogP contribution in [0.4, 0.5) is 4.39 Å². The summed E-state index contributed by atoms with van der Waals surface area (Å²) in [5.74, 6) is 0.223. The molecule has 0 aromatic heterocycles. The normalized spacial score (nSPS) is 11.1. The smallest absolute Gasteiger partial charge is 0.241 e. The molecule has 0 atom stereocenters. The van der Waals surface area contributed by atoms with Crippen LogP contribution in [0.1, 0.15) is 18.1 Å². The molecule has 0 spiro atoms. The first-order chi connectivity index (χ1) is 13.2. The Labute approximate surface area is 160 Å². The predicted molar refractivity (Wildman–Crippen MR) is 107 cm³/mol. The third-order valence-electron chi connectivity index (χ3n) is 3.90. The molecule has 2 aromatic rings. The number of carbonyl (C=O) groups is 1. The van der Waals surface area contributed by atoms with Crippen molar-refractivity contribution in [1.82, 2.24) is 16.0 Å². The minimum atomic E-state index is -0.236. The Kier molecular flexibility index (Phi) is 8.83. The molecule has 0 heterocycles. The van der Waals surface area contributed by atoms with Gasteiger partial charge in [-0.1, -0.05) is 42.5 Å². The van der Waals surface area contributed by atoms with E-state index in [4.69, 9.17) is 0 Å². The maximum atomic E-state index is 13.2. The van der Waals surface area contributed by atoms with Gasteiger partial charge in [0.1, 0.15) is 12.4 Å². The second-order valence-electron chi connectivity index (χ2n) is 6.09. The molecule has 0 radical (unpaired) electrons. The molecule has 0 unspecified atom stereocenters. The van der Waals surface area contributed by atoms with Crippen molar-refractivity contribution in [1.29, 1.82) is 0 Å². The summed E-state index contributed by atoms with van der Waals surface area (Å²) >= 11 is 0. The van der Waals surface area contributed by atoms with Gasteiger partial charge in [-0.25, -0.2) is 9.38 Å². The lowest BCUT2D eigenvalue weighted by Gasteiger charge is -2.11. The Bertz CT molecular complexity index is 734. The molecule has 3 N–H and O–H groups in total. The summed E-state index contributed by atoms with van der Waals surface area (Å²) in [5.41, 5.74) is 2.10.